The molecule has 0 atom stereocenters. The number of rotatable bonds is 6. The zero-order chi connectivity index (χ0) is 22.9. The third-order valence-corrected chi connectivity index (χ3v) is 5.50. The molecule has 0 bridgehead atoms. The van der Waals surface area contributed by atoms with E-state index in [1.165, 1.54) is 4.90 Å². The zero-order valence-electron chi connectivity index (χ0n) is 19.0. The van der Waals surface area contributed by atoms with Gasteiger partial charge < -0.3 is 10.1 Å². The van der Waals surface area contributed by atoms with E-state index < -0.39 is 24.0 Å². The predicted octanol–water partition coefficient (Wildman–Crippen LogP) is 3.01. The topological polar surface area (TPSA) is 93.5 Å². The molecule has 8 heteroatoms. The molecule has 1 aliphatic heterocycles. The molecule has 0 spiro atoms. The minimum absolute atomic E-state index is 0.0451. The van der Waals surface area contributed by atoms with Crippen molar-refractivity contribution in [3.8, 4) is 0 Å². The van der Waals surface area contributed by atoms with Gasteiger partial charge in [0.2, 0.25) is 5.91 Å². The fourth-order valence-electron chi connectivity index (χ4n) is 3.81. The standard InChI is InChI=1S/C23H30N4O4/c1-14(2)12-26-16(4)17(15(3)25-26)11-21(29)31-13-20(28)27-19-10-8-7-9-18(19)24-22(30)23(27,5)6/h7-10,14H,11-13H2,1-6H3,(H,24,30). The van der Waals surface area contributed by atoms with Gasteiger partial charge >= 0.3 is 5.97 Å². The van der Waals surface area contributed by atoms with Crippen LogP contribution >= 0.6 is 0 Å². The molecule has 0 fully saturated rings. The highest BCUT2D eigenvalue weighted by molar-refractivity contribution is 6.14. The van der Waals surface area contributed by atoms with Crippen molar-refractivity contribution in [1.29, 1.82) is 0 Å². The average Bonchev–Trinajstić information content (AvgIpc) is 2.93. The quantitative estimate of drug-likeness (QED) is 0.717. The highest BCUT2D eigenvalue weighted by atomic mass is 16.5. The maximum Gasteiger partial charge on any atom is 0.310 e. The molecule has 31 heavy (non-hydrogen) atoms. The smallest absolute Gasteiger partial charge is 0.310 e. The van der Waals surface area contributed by atoms with Gasteiger partial charge in [-0.25, -0.2) is 0 Å². The third-order valence-electron chi connectivity index (χ3n) is 5.50. The lowest BCUT2D eigenvalue weighted by Crippen LogP contribution is -2.59. The summed E-state index contributed by atoms with van der Waals surface area (Å²) in [4.78, 5) is 39.4. The lowest BCUT2D eigenvalue weighted by atomic mass is 9.96. The summed E-state index contributed by atoms with van der Waals surface area (Å²) in [6.45, 7) is 11.7. The lowest BCUT2D eigenvalue weighted by molar-refractivity contribution is -0.147. The van der Waals surface area contributed by atoms with Gasteiger partial charge in [0.25, 0.3) is 5.91 Å². The van der Waals surface area contributed by atoms with E-state index in [4.69, 9.17) is 4.74 Å². The molecule has 3 rings (SSSR count). The van der Waals surface area contributed by atoms with Crippen molar-refractivity contribution in [3.05, 3.63) is 41.2 Å². The maximum atomic E-state index is 13.0. The van der Waals surface area contributed by atoms with E-state index in [-0.39, 0.29) is 12.3 Å². The van der Waals surface area contributed by atoms with Crippen LogP contribution in [0.15, 0.2) is 24.3 Å². The SMILES string of the molecule is Cc1nn(CC(C)C)c(C)c1CC(=O)OCC(=O)N1c2ccccc2NC(=O)C1(C)C. The fourth-order valence-corrected chi connectivity index (χ4v) is 3.81. The second kappa shape index (κ2) is 8.53. The Kier molecular flexibility index (Phi) is 6.20. The van der Waals surface area contributed by atoms with Gasteiger partial charge in [0.15, 0.2) is 6.61 Å². The van der Waals surface area contributed by atoms with Crippen LogP contribution in [-0.4, -0.2) is 39.7 Å². The van der Waals surface area contributed by atoms with Gasteiger partial charge in [-0.05, 0) is 45.7 Å². The summed E-state index contributed by atoms with van der Waals surface area (Å²) in [5.41, 5.74) is 2.55. The van der Waals surface area contributed by atoms with E-state index in [0.717, 1.165) is 23.5 Å². The molecule has 0 unspecified atom stereocenters. The number of ether oxygens (including phenoxy) is 1. The molecule has 0 saturated carbocycles. The van der Waals surface area contributed by atoms with E-state index in [1.54, 1.807) is 38.1 Å². The maximum absolute atomic E-state index is 13.0. The number of nitrogens with one attached hydrogen (secondary N) is 1. The Labute approximate surface area is 182 Å². The van der Waals surface area contributed by atoms with Crippen molar-refractivity contribution in [2.45, 2.75) is 60.0 Å². The molecule has 1 aromatic carbocycles. The minimum Gasteiger partial charge on any atom is -0.455 e. The number of nitrogens with zero attached hydrogens (tertiary/aromatic N) is 3. The first kappa shape index (κ1) is 22.5. The molecule has 1 aromatic heterocycles. The van der Waals surface area contributed by atoms with E-state index in [0.29, 0.717) is 17.3 Å². The third kappa shape index (κ3) is 4.47. The number of esters is 1. The number of hydrogen-bond acceptors (Lipinski definition) is 5. The summed E-state index contributed by atoms with van der Waals surface area (Å²) >= 11 is 0. The Morgan fingerprint density at radius 1 is 1.19 bits per heavy atom. The molecular formula is C23H30N4O4. The summed E-state index contributed by atoms with van der Waals surface area (Å²) < 4.78 is 7.21. The lowest BCUT2D eigenvalue weighted by Gasteiger charge is -2.41. The molecule has 1 aliphatic rings. The van der Waals surface area contributed by atoms with Crippen molar-refractivity contribution in [2.75, 3.05) is 16.8 Å². The summed E-state index contributed by atoms with van der Waals surface area (Å²) in [7, 11) is 0. The number of para-hydroxylation sites is 2. The van der Waals surface area contributed by atoms with Gasteiger partial charge in [0.05, 0.1) is 23.5 Å². The second-order valence-electron chi connectivity index (χ2n) is 8.82. The molecule has 2 heterocycles. The van der Waals surface area contributed by atoms with Crippen LogP contribution in [0.25, 0.3) is 0 Å². The number of anilines is 2. The van der Waals surface area contributed by atoms with Gasteiger partial charge in [-0.2, -0.15) is 5.10 Å². The Morgan fingerprint density at radius 3 is 2.55 bits per heavy atom. The van der Waals surface area contributed by atoms with Crippen LogP contribution in [0.3, 0.4) is 0 Å². The number of carbonyl (C=O) groups is 3. The van der Waals surface area contributed by atoms with Crippen LogP contribution in [0.4, 0.5) is 11.4 Å². The van der Waals surface area contributed by atoms with Crippen LogP contribution in [0, 0.1) is 19.8 Å². The Bertz CT molecular complexity index is 1020. The van der Waals surface area contributed by atoms with E-state index in [1.807, 2.05) is 18.5 Å². The van der Waals surface area contributed by atoms with Crippen molar-refractivity contribution in [2.24, 2.45) is 5.92 Å². The Balaban J connectivity index is 1.70. The van der Waals surface area contributed by atoms with Gasteiger partial charge in [-0.1, -0.05) is 26.0 Å². The van der Waals surface area contributed by atoms with Crippen molar-refractivity contribution >= 4 is 29.2 Å². The molecular weight excluding hydrogens is 396 g/mol. The molecule has 0 radical (unpaired) electrons. The first-order chi connectivity index (χ1) is 14.5. The van der Waals surface area contributed by atoms with Crippen LogP contribution in [0.1, 0.15) is 44.6 Å². The number of aryl methyl sites for hydroxylation is 1. The highest BCUT2D eigenvalue weighted by Gasteiger charge is 2.43. The monoisotopic (exact) mass is 426 g/mol. The van der Waals surface area contributed by atoms with Crippen molar-refractivity contribution < 1.29 is 19.1 Å². The molecule has 8 nitrogen and oxygen atoms in total. The number of aromatic nitrogens is 2. The molecule has 2 amide bonds. The number of benzene rings is 1. The van der Waals surface area contributed by atoms with Crippen molar-refractivity contribution in [1.82, 2.24) is 9.78 Å². The fraction of sp³-hybridized carbons (Fsp3) is 0.478. The van der Waals surface area contributed by atoms with Gasteiger partial charge in [0.1, 0.15) is 5.54 Å². The van der Waals surface area contributed by atoms with Crippen LogP contribution < -0.4 is 10.2 Å². The van der Waals surface area contributed by atoms with E-state index in [9.17, 15) is 14.4 Å². The van der Waals surface area contributed by atoms with Crippen LogP contribution in [0.2, 0.25) is 0 Å². The average molecular weight is 427 g/mol. The number of carbonyl (C=O) groups excluding carboxylic acids is 3. The minimum atomic E-state index is -1.11. The summed E-state index contributed by atoms with van der Waals surface area (Å²) in [6, 6.07) is 7.06. The van der Waals surface area contributed by atoms with Crippen LogP contribution in [0.5, 0.6) is 0 Å². The number of fused-ring (bicyclic) bond motifs is 1. The Hall–Kier alpha value is -3.16. The normalized spacial score (nSPS) is 14.9. The molecule has 0 aliphatic carbocycles. The number of hydrogen-bond donors (Lipinski definition) is 1. The first-order valence-corrected chi connectivity index (χ1v) is 10.4. The largest absolute Gasteiger partial charge is 0.455 e. The highest BCUT2D eigenvalue weighted by Crippen LogP contribution is 2.36. The van der Waals surface area contributed by atoms with E-state index >= 15 is 0 Å². The molecule has 1 N–H and O–H groups in total. The molecule has 166 valence electrons. The number of amides is 2. The zero-order valence-corrected chi connectivity index (χ0v) is 19.0. The Morgan fingerprint density at radius 2 is 1.87 bits per heavy atom. The van der Waals surface area contributed by atoms with Gasteiger partial charge in [-0.3, -0.25) is 24.0 Å². The van der Waals surface area contributed by atoms with Gasteiger partial charge in [0, 0.05) is 17.8 Å². The molecule has 0 saturated heterocycles. The second-order valence-corrected chi connectivity index (χ2v) is 8.82. The van der Waals surface area contributed by atoms with Gasteiger partial charge in [-0.15, -0.1) is 0 Å². The summed E-state index contributed by atoms with van der Waals surface area (Å²) in [5, 5.41) is 7.32. The van der Waals surface area contributed by atoms with Crippen molar-refractivity contribution in [3.63, 3.8) is 0 Å². The first-order valence-electron chi connectivity index (χ1n) is 10.4. The van der Waals surface area contributed by atoms with E-state index in [2.05, 4.69) is 24.3 Å². The predicted molar refractivity (Wildman–Crippen MR) is 118 cm³/mol. The summed E-state index contributed by atoms with van der Waals surface area (Å²) in [5.74, 6) is -0.820. The summed E-state index contributed by atoms with van der Waals surface area (Å²) in [6.07, 6.45) is 0.0451. The molecule has 2 aromatic rings. The van der Waals surface area contributed by atoms with Crippen LogP contribution in [-0.2, 0) is 32.1 Å².